The van der Waals surface area contributed by atoms with Gasteiger partial charge in [0.1, 0.15) is 12.3 Å². The van der Waals surface area contributed by atoms with E-state index in [-0.39, 0.29) is 11.4 Å². The van der Waals surface area contributed by atoms with E-state index in [1.165, 1.54) is 19.2 Å². The smallest absolute Gasteiger partial charge is 0.264 e. The van der Waals surface area contributed by atoms with E-state index in [9.17, 15) is 13.2 Å². The van der Waals surface area contributed by atoms with Gasteiger partial charge >= 0.3 is 0 Å². The van der Waals surface area contributed by atoms with Gasteiger partial charge in [0.15, 0.2) is 0 Å². The minimum absolute atomic E-state index is 0.104. The summed E-state index contributed by atoms with van der Waals surface area (Å²) >= 11 is 0. The maximum atomic E-state index is 13.3. The van der Waals surface area contributed by atoms with Crippen LogP contribution in [0, 0.1) is 13.8 Å². The van der Waals surface area contributed by atoms with E-state index in [0.717, 1.165) is 15.4 Å². The molecule has 0 heterocycles. The van der Waals surface area contributed by atoms with Gasteiger partial charge in [0, 0.05) is 11.8 Å². The Hall–Kier alpha value is -3.32. The highest BCUT2D eigenvalue weighted by Gasteiger charge is 2.27. The monoisotopic (exact) mass is 424 g/mol. The average Bonchev–Trinajstić information content (AvgIpc) is 2.75. The predicted octanol–water partition coefficient (Wildman–Crippen LogP) is 4.15. The highest BCUT2D eigenvalue weighted by Crippen LogP contribution is 2.27. The topological polar surface area (TPSA) is 75.7 Å². The molecule has 0 aromatic heterocycles. The Morgan fingerprint density at radius 1 is 0.933 bits per heavy atom. The van der Waals surface area contributed by atoms with Gasteiger partial charge in [-0.3, -0.25) is 9.10 Å². The molecule has 0 fully saturated rings. The third kappa shape index (κ3) is 4.80. The van der Waals surface area contributed by atoms with Gasteiger partial charge in [0.2, 0.25) is 5.91 Å². The third-order valence-electron chi connectivity index (χ3n) is 4.75. The second kappa shape index (κ2) is 9.00. The lowest BCUT2D eigenvalue weighted by Gasteiger charge is -2.24. The number of hydrogen-bond donors (Lipinski definition) is 1. The molecule has 0 aliphatic carbocycles. The number of nitrogens with one attached hydrogen (secondary N) is 1. The highest BCUT2D eigenvalue weighted by atomic mass is 32.2. The molecule has 0 aliphatic heterocycles. The zero-order valence-electron chi connectivity index (χ0n) is 17.1. The zero-order valence-corrected chi connectivity index (χ0v) is 17.9. The van der Waals surface area contributed by atoms with E-state index in [1.807, 2.05) is 26.0 Å². The zero-order chi connectivity index (χ0) is 21.7. The number of amides is 1. The second-order valence-corrected chi connectivity index (χ2v) is 8.74. The highest BCUT2D eigenvalue weighted by molar-refractivity contribution is 7.92. The molecule has 156 valence electrons. The normalized spacial score (nSPS) is 11.0. The van der Waals surface area contributed by atoms with E-state index in [4.69, 9.17) is 4.74 Å². The molecule has 7 heteroatoms. The van der Waals surface area contributed by atoms with Crippen LogP contribution in [0.2, 0.25) is 0 Å². The summed E-state index contributed by atoms with van der Waals surface area (Å²) in [4.78, 5) is 12.9. The molecule has 0 saturated carbocycles. The van der Waals surface area contributed by atoms with E-state index in [1.54, 1.807) is 48.5 Å². The van der Waals surface area contributed by atoms with Crippen LogP contribution in [-0.4, -0.2) is 28.0 Å². The van der Waals surface area contributed by atoms with Crippen LogP contribution < -0.4 is 14.4 Å². The number of rotatable bonds is 7. The molecule has 0 aliphatic rings. The van der Waals surface area contributed by atoms with Crippen molar-refractivity contribution in [3.05, 3.63) is 83.9 Å². The van der Waals surface area contributed by atoms with E-state index < -0.39 is 15.9 Å². The number of anilines is 2. The van der Waals surface area contributed by atoms with Crippen molar-refractivity contribution in [2.75, 3.05) is 23.3 Å². The molecule has 6 nitrogen and oxygen atoms in total. The molecule has 3 rings (SSSR count). The van der Waals surface area contributed by atoms with Crippen molar-refractivity contribution < 1.29 is 17.9 Å². The lowest BCUT2D eigenvalue weighted by atomic mass is 10.1. The van der Waals surface area contributed by atoms with Gasteiger partial charge in [-0.25, -0.2) is 8.42 Å². The molecular formula is C23H24N2O4S. The van der Waals surface area contributed by atoms with Gasteiger partial charge in [-0.15, -0.1) is 0 Å². The predicted molar refractivity (Wildman–Crippen MR) is 119 cm³/mol. The van der Waals surface area contributed by atoms with Crippen LogP contribution in [0.15, 0.2) is 77.7 Å². The van der Waals surface area contributed by atoms with Crippen molar-refractivity contribution in [2.24, 2.45) is 0 Å². The van der Waals surface area contributed by atoms with Crippen molar-refractivity contribution in [3.8, 4) is 5.75 Å². The summed E-state index contributed by atoms with van der Waals surface area (Å²) in [7, 11) is -2.46. The molecule has 0 bridgehead atoms. The minimum atomic E-state index is -3.96. The van der Waals surface area contributed by atoms with Crippen molar-refractivity contribution in [1.29, 1.82) is 0 Å². The Labute approximate surface area is 177 Å². The number of benzene rings is 3. The molecule has 30 heavy (non-hydrogen) atoms. The summed E-state index contributed by atoms with van der Waals surface area (Å²) in [6.45, 7) is 3.56. The summed E-state index contributed by atoms with van der Waals surface area (Å²) in [6, 6.07) is 20.2. The van der Waals surface area contributed by atoms with E-state index in [0.29, 0.717) is 17.1 Å². The van der Waals surface area contributed by atoms with E-state index >= 15 is 0 Å². The van der Waals surface area contributed by atoms with Gasteiger partial charge < -0.3 is 10.1 Å². The number of hydrogen-bond acceptors (Lipinski definition) is 4. The molecule has 0 radical (unpaired) electrons. The summed E-state index contributed by atoms with van der Waals surface area (Å²) < 4.78 is 33.0. The maximum Gasteiger partial charge on any atom is 0.264 e. The van der Waals surface area contributed by atoms with Crippen LogP contribution >= 0.6 is 0 Å². The lowest BCUT2D eigenvalue weighted by molar-refractivity contribution is -0.114. The molecule has 3 aromatic rings. The van der Waals surface area contributed by atoms with Gasteiger partial charge in [0.05, 0.1) is 17.7 Å². The van der Waals surface area contributed by atoms with Gasteiger partial charge in [-0.2, -0.15) is 0 Å². The lowest BCUT2D eigenvalue weighted by Crippen LogP contribution is -2.38. The van der Waals surface area contributed by atoms with Crippen molar-refractivity contribution in [1.82, 2.24) is 0 Å². The Bertz CT molecular complexity index is 1140. The summed E-state index contributed by atoms with van der Waals surface area (Å²) in [5.41, 5.74) is 3.10. The maximum absolute atomic E-state index is 13.3. The van der Waals surface area contributed by atoms with Crippen molar-refractivity contribution >= 4 is 27.3 Å². The van der Waals surface area contributed by atoms with Gasteiger partial charge in [-0.1, -0.05) is 30.3 Å². The first-order chi connectivity index (χ1) is 14.3. The number of carbonyl (C=O) groups excluding carboxylic acids is 1. The molecule has 0 saturated heterocycles. The van der Waals surface area contributed by atoms with Crippen molar-refractivity contribution in [2.45, 2.75) is 18.7 Å². The van der Waals surface area contributed by atoms with Crippen LogP contribution in [0.25, 0.3) is 0 Å². The molecule has 1 amide bonds. The van der Waals surface area contributed by atoms with Gasteiger partial charge in [-0.05, 0) is 61.4 Å². The summed E-state index contributed by atoms with van der Waals surface area (Å²) in [5, 5.41) is 2.79. The second-order valence-electron chi connectivity index (χ2n) is 6.87. The van der Waals surface area contributed by atoms with Crippen molar-refractivity contribution in [3.63, 3.8) is 0 Å². The van der Waals surface area contributed by atoms with Gasteiger partial charge in [0.25, 0.3) is 10.0 Å². The fourth-order valence-electron chi connectivity index (χ4n) is 2.95. The summed E-state index contributed by atoms with van der Waals surface area (Å²) in [5.74, 6) is 0.0518. The Morgan fingerprint density at radius 2 is 1.67 bits per heavy atom. The minimum Gasteiger partial charge on any atom is -0.497 e. The third-order valence-corrected chi connectivity index (χ3v) is 6.54. The number of nitrogens with zero attached hydrogens (tertiary/aromatic N) is 1. The van der Waals surface area contributed by atoms with Crippen LogP contribution in [-0.2, 0) is 14.8 Å². The fourth-order valence-corrected chi connectivity index (χ4v) is 4.38. The molecular weight excluding hydrogens is 400 g/mol. The van der Waals surface area contributed by atoms with Crippen LogP contribution in [0.3, 0.4) is 0 Å². The molecule has 0 spiro atoms. The number of ether oxygens (including phenoxy) is 1. The molecule has 0 atom stereocenters. The van der Waals surface area contributed by atoms with E-state index in [2.05, 4.69) is 5.32 Å². The Balaban J connectivity index is 1.94. The van der Waals surface area contributed by atoms with Crippen LogP contribution in [0.1, 0.15) is 11.1 Å². The first kappa shape index (κ1) is 21.4. The largest absolute Gasteiger partial charge is 0.497 e. The first-order valence-electron chi connectivity index (χ1n) is 9.40. The fraction of sp³-hybridized carbons (Fsp3) is 0.174. The average molecular weight is 425 g/mol. The quantitative estimate of drug-likeness (QED) is 0.618. The Morgan fingerprint density at radius 3 is 2.33 bits per heavy atom. The number of sulfonamides is 1. The molecule has 0 unspecified atom stereocenters. The molecule has 3 aromatic carbocycles. The van der Waals surface area contributed by atoms with Crippen LogP contribution in [0.5, 0.6) is 5.75 Å². The number of carbonyl (C=O) groups is 1. The first-order valence-corrected chi connectivity index (χ1v) is 10.8. The summed E-state index contributed by atoms with van der Waals surface area (Å²) in [6.07, 6.45) is 0. The molecule has 1 N–H and O–H groups in total. The number of aryl methyl sites for hydroxylation is 2. The SMILES string of the molecule is COc1cccc(N(CC(=O)Nc2ccc(C)c(C)c2)S(=O)(=O)c2ccccc2)c1. The standard InChI is InChI=1S/C23H24N2O4S/c1-17-12-13-19(14-18(17)2)24-23(26)16-25(20-8-7-9-21(15-20)29-3)30(27,28)22-10-5-4-6-11-22/h4-15H,16H2,1-3H3,(H,24,26). The number of methoxy groups -OCH3 is 1. The Kier molecular flexibility index (Phi) is 6.42. The van der Waals surface area contributed by atoms with Crippen LogP contribution in [0.4, 0.5) is 11.4 Å².